The molecule has 2 aromatic carbocycles. The first-order valence-corrected chi connectivity index (χ1v) is 9.24. The van der Waals surface area contributed by atoms with Crippen LogP contribution in [0.25, 0.3) is 27.1 Å². The van der Waals surface area contributed by atoms with E-state index in [4.69, 9.17) is 11.3 Å². The lowest BCUT2D eigenvalue weighted by molar-refractivity contribution is 0.0516. The van der Waals surface area contributed by atoms with Crippen molar-refractivity contribution >= 4 is 11.7 Å². The van der Waals surface area contributed by atoms with Crippen molar-refractivity contribution in [1.82, 2.24) is 4.57 Å². The first-order chi connectivity index (χ1) is 13.9. The van der Waals surface area contributed by atoms with Crippen molar-refractivity contribution in [3.63, 3.8) is 0 Å². The third-order valence-corrected chi connectivity index (χ3v) is 4.77. The molecule has 0 saturated heterocycles. The number of ether oxygens (including phenoxy) is 1. The first kappa shape index (κ1) is 20.3. The Hall–Kier alpha value is -3.46. The molecule has 0 unspecified atom stereocenters. The standard InChI is InChI=1S/C23H20F2N2O2/c1-5-19-21(26-3)20(22(27(19)4)23(28)29-6-2)15-9-7-14(8-10-15)16-11-17(24)13-18(25)12-16/h7-13H,5-6H2,1-2,4H3. The van der Waals surface area contributed by atoms with E-state index in [-0.39, 0.29) is 6.61 Å². The molecule has 3 aromatic rings. The number of hydrogen-bond donors (Lipinski definition) is 0. The lowest BCUT2D eigenvalue weighted by atomic mass is 9.99. The van der Waals surface area contributed by atoms with E-state index in [1.165, 1.54) is 12.1 Å². The quantitative estimate of drug-likeness (QED) is 0.397. The molecule has 0 spiro atoms. The van der Waals surface area contributed by atoms with Gasteiger partial charge in [0.2, 0.25) is 5.69 Å². The Morgan fingerprint density at radius 2 is 1.62 bits per heavy atom. The highest BCUT2D eigenvalue weighted by atomic mass is 19.1. The maximum atomic E-state index is 13.5. The smallest absolute Gasteiger partial charge is 0.354 e. The number of benzene rings is 2. The molecule has 148 valence electrons. The molecule has 0 amide bonds. The molecule has 0 bridgehead atoms. The van der Waals surface area contributed by atoms with Crippen LogP contribution in [0.1, 0.15) is 30.0 Å². The van der Waals surface area contributed by atoms with Crippen LogP contribution in [-0.2, 0) is 18.2 Å². The zero-order valence-electron chi connectivity index (χ0n) is 16.4. The normalized spacial score (nSPS) is 10.6. The average molecular weight is 394 g/mol. The van der Waals surface area contributed by atoms with Crippen molar-refractivity contribution in [2.24, 2.45) is 7.05 Å². The van der Waals surface area contributed by atoms with Gasteiger partial charge in [0.25, 0.3) is 0 Å². The summed E-state index contributed by atoms with van der Waals surface area (Å²) in [6.07, 6.45) is 0.585. The monoisotopic (exact) mass is 394 g/mol. The highest BCUT2D eigenvalue weighted by molar-refractivity contribution is 6.01. The van der Waals surface area contributed by atoms with E-state index in [1.54, 1.807) is 42.8 Å². The van der Waals surface area contributed by atoms with Crippen molar-refractivity contribution < 1.29 is 18.3 Å². The highest BCUT2D eigenvalue weighted by Gasteiger charge is 2.26. The first-order valence-electron chi connectivity index (χ1n) is 9.24. The molecule has 0 aliphatic rings. The van der Waals surface area contributed by atoms with E-state index in [2.05, 4.69) is 4.85 Å². The number of carbonyl (C=O) groups excluding carboxylic acids is 1. The van der Waals surface area contributed by atoms with Crippen LogP contribution in [0.2, 0.25) is 0 Å². The second kappa shape index (κ2) is 8.27. The van der Waals surface area contributed by atoms with E-state index >= 15 is 0 Å². The van der Waals surface area contributed by atoms with Gasteiger partial charge in [-0.15, -0.1) is 0 Å². The largest absolute Gasteiger partial charge is 0.461 e. The zero-order chi connectivity index (χ0) is 21.1. The van der Waals surface area contributed by atoms with Crippen molar-refractivity contribution in [1.29, 1.82) is 0 Å². The van der Waals surface area contributed by atoms with Crippen molar-refractivity contribution in [2.75, 3.05) is 6.61 Å². The third-order valence-electron chi connectivity index (χ3n) is 4.77. The predicted molar refractivity (Wildman–Crippen MR) is 108 cm³/mol. The summed E-state index contributed by atoms with van der Waals surface area (Å²) in [4.78, 5) is 16.3. The molecule has 0 atom stereocenters. The lowest BCUT2D eigenvalue weighted by Gasteiger charge is -2.09. The minimum Gasteiger partial charge on any atom is -0.461 e. The molecule has 0 N–H and O–H groups in total. The van der Waals surface area contributed by atoms with Crippen LogP contribution in [0.15, 0.2) is 42.5 Å². The molecule has 0 aliphatic carbocycles. The average Bonchev–Trinajstić information content (AvgIpc) is 2.99. The molecule has 4 nitrogen and oxygen atoms in total. The van der Waals surface area contributed by atoms with Gasteiger partial charge >= 0.3 is 5.97 Å². The molecule has 0 radical (unpaired) electrons. The van der Waals surface area contributed by atoms with Gasteiger partial charge in [0, 0.05) is 24.4 Å². The summed E-state index contributed by atoms with van der Waals surface area (Å²) in [7, 11) is 1.74. The Bertz CT molecular complexity index is 1090. The lowest BCUT2D eigenvalue weighted by Crippen LogP contribution is -2.12. The fraction of sp³-hybridized carbons (Fsp3) is 0.217. The van der Waals surface area contributed by atoms with Crippen molar-refractivity contribution in [3.8, 4) is 22.3 Å². The molecular weight excluding hydrogens is 374 g/mol. The number of hydrogen-bond acceptors (Lipinski definition) is 2. The second-order valence-corrected chi connectivity index (χ2v) is 6.50. The SMILES string of the molecule is [C-]#[N+]c1c(-c2ccc(-c3cc(F)cc(F)c3)cc2)c(C(=O)OCC)n(C)c1CC. The molecule has 6 heteroatoms. The molecule has 0 aliphatic heterocycles. The minimum atomic E-state index is -0.653. The Morgan fingerprint density at radius 3 is 2.14 bits per heavy atom. The van der Waals surface area contributed by atoms with E-state index in [0.717, 1.165) is 11.8 Å². The van der Waals surface area contributed by atoms with Crippen LogP contribution < -0.4 is 0 Å². The topological polar surface area (TPSA) is 35.6 Å². The number of esters is 1. The van der Waals surface area contributed by atoms with Gasteiger partial charge in [-0.2, -0.15) is 0 Å². The van der Waals surface area contributed by atoms with Crippen LogP contribution in [0.3, 0.4) is 0 Å². The van der Waals surface area contributed by atoms with E-state index < -0.39 is 17.6 Å². The summed E-state index contributed by atoms with van der Waals surface area (Å²) >= 11 is 0. The summed E-state index contributed by atoms with van der Waals surface area (Å²) in [6.45, 7) is 11.5. The molecule has 3 rings (SSSR count). The fourth-order valence-corrected chi connectivity index (χ4v) is 3.50. The number of nitrogens with zero attached hydrogens (tertiary/aromatic N) is 2. The Kier molecular flexibility index (Phi) is 5.79. The molecular formula is C23H20F2N2O2. The van der Waals surface area contributed by atoms with Gasteiger partial charge in [-0.1, -0.05) is 31.2 Å². The Labute approximate surface area is 168 Å². The summed E-state index contributed by atoms with van der Waals surface area (Å²) in [6, 6.07) is 10.2. The van der Waals surface area contributed by atoms with Crippen LogP contribution in [-0.4, -0.2) is 17.1 Å². The third kappa shape index (κ3) is 3.77. The highest BCUT2D eigenvalue weighted by Crippen LogP contribution is 2.40. The number of rotatable bonds is 5. The van der Waals surface area contributed by atoms with Gasteiger partial charge in [-0.05, 0) is 42.2 Å². The molecule has 0 saturated carbocycles. The molecule has 0 fully saturated rings. The van der Waals surface area contributed by atoms with E-state index in [0.29, 0.717) is 40.1 Å². The van der Waals surface area contributed by atoms with Gasteiger partial charge in [0.15, 0.2) is 0 Å². The maximum Gasteiger partial charge on any atom is 0.354 e. The van der Waals surface area contributed by atoms with Crippen molar-refractivity contribution in [3.05, 3.63) is 76.9 Å². The van der Waals surface area contributed by atoms with Gasteiger partial charge in [-0.25, -0.2) is 18.4 Å². The van der Waals surface area contributed by atoms with Crippen LogP contribution in [0, 0.1) is 18.2 Å². The van der Waals surface area contributed by atoms with Crippen LogP contribution in [0.4, 0.5) is 14.5 Å². The zero-order valence-corrected chi connectivity index (χ0v) is 16.4. The van der Waals surface area contributed by atoms with Gasteiger partial charge in [0.05, 0.1) is 13.2 Å². The minimum absolute atomic E-state index is 0.225. The fourth-order valence-electron chi connectivity index (χ4n) is 3.50. The van der Waals surface area contributed by atoms with Gasteiger partial charge in [0.1, 0.15) is 17.3 Å². The molecule has 29 heavy (non-hydrogen) atoms. The summed E-state index contributed by atoms with van der Waals surface area (Å²) in [5, 5.41) is 0. The maximum absolute atomic E-state index is 13.5. The molecule has 1 heterocycles. The Morgan fingerprint density at radius 1 is 1.03 bits per heavy atom. The van der Waals surface area contributed by atoms with E-state index in [9.17, 15) is 13.6 Å². The number of halogens is 2. The number of aromatic nitrogens is 1. The predicted octanol–water partition coefficient (Wildman–Crippen LogP) is 5.93. The number of carbonyl (C=O) groups is 1. The summed E-state index contributed by atoms with van der Waals surface area (Å²) in [5.41, 5.74) is 3.68. The second-order valence-electron chi connectivity index (χ2n) is 6.50. The van der Waals surface area contributed by atoms with E-state index in [1.807, 2.05) is 6.92 Å². The van der Waals surface area contributed by atoms with Gasteiger partial charge < -0.3 is 9.30 Å². The van der Waals surface area contributed by atoms with Gasteiger partial charge in [-0.3, -0.25) is 0 Å². The van der Waals surface area contributed by atoms with Crippen LogP contribution >= 0.6 is 0 Å². The van der Waals surface area contributed by atoms with Crippen molar-refractivity contribution in [2.45, 2.75) is 20.3 Å². The summed E-state index contributed by atoms with van der Waals surface area (Å²) in [5.74, 6) is -1.80. The Balaban J connectivity index is 2.15. The van der Waals surface area contributed by atoms with Crippen LogP contribution in [0.5, 0.6) is 0 Å². The molecule has 1 aromatic heterocycles. The summed E-state index contributed by atoms with van der Waals surface area (Å²) < 4.78 is 34.0.